The van der Waals surface area contributed by atoms with E-state index in [2.05, 4.69) is 5.32 Å². The first-order valence-electron chi connectivity index (χ1n) is 15.0. The first-order valence-corrected chi connectivity index (χ1v) is 15.0. The van der Waals surface area contributed by atoms with Gasteiger partial charge in [-0.15, -0.1) is 0 Å². The van der Waals surface area contributed by atoms with Crippen molar-refractivity contribution < 1.29 is 33.8 Å². The van der Waals surface area contributed by atoms with Crippen molar-refractivity contribution in [1.82, 2.24) is 10.2 Å². The van der Waals surface area contributed by atoms with Crippen LogP contribution in [-0.4, -0.2) is 72.1 Å². The van der Waals surface area contributed by atoms with Crippen LogP contribution in [0, 0.1) is 0 Å². The summed E-state index contributed by atoms with van der Waals surface area (Å²) in [7, 11) is 0. The Bertz CT molecular complexity index is 1480. The Morgan fingerprint density at radius 2 is 1.73 bits per heavy atom. The lowest BCUT2D eigenvalue weighted by Gasteiger charge is -2.45. The van der Waals surface area contributed by atoms with Crippen LogP contribution < -0.4 is 15.0 Å². The van der Waals surface area contributed by atoms with Crippen molar-refractivity contribution in [2.45, 2.75) is 50.7 Å². The molecule has 0 saturated carbocycles. The predicted molar refractivity (Wildman–Crippen MR) is 163 cm³/mol. The second kappa shape index (κ2) is 14.2. The molecule has 44 heavy (non-hydrogen) atoms. The molecule has 0 spiro atoms. The molecule has 3 aromatic carbocycles. The zero-order chi connectivity index (χ0) is 31.1. The van der Waals surface area contributed by atoms with Gasteiger partial charge in [0.1, 0.15) is 12.3 Å². The lowest BCUT2D eigenvalue weighted by molar-refractivity contribution is -0.149. The summed E-state index contributed by atoms with van der Waals surface area (Å²) in [5.41, 5.74) is 2.64. The standard InChI is InChI=1S/C34H37N3O7/c1-2-43-31(41)21-28-33-32(35-34(42)24-12-7-4-8-13-24)26-20-25(44-19-9-18-38)15-16-27(26)37(33)30(40)22-36(28)29(39)17-14-23-10-5-3-6-11-23/h3-8,10-13,15-16,20,28,32-33,38H,2,9,14,17-19,21-22H2,1H3,(H,35,42)/t28?,32-,33+/m0/s1. The van der Waals surface area contributed by atoms with Gasteiger partial charge >= 0.3 is 5.97 Å². The molecule has 3 aromatic rings. The van der Waals surface area contributed by atoms with Gasteiger partial charge in [-0.25, -0.2) is 0 Å². The topological polar surface area (TPSA) is 125 Å². The van der Waals surface area contributed by atoms with Crippen LogP contribution in [0.4, 0.5) is 5.69 Å². The van der Waals surface area contributed by atoms with Crippen molar-refractivity contribution in [3.05, 3.63) is 95.6 Å². The van der Waals surface area contributed by atoms with Crippen LogP contribution in [-0.2, 0) is 25.5 Å². The molecule has 2 heterocycles. The van der Waals surface area contributed by atoms with Gasteiger partial charge in [0.05, 0.1) is 37.8 Å². The van der Waals surface area contributed by atoms with E-state index in [1.807, 2.05) is 36.4 Å². The van der Waals surface area contributed by atoms with E-state index >= 15 is 0 Å². The Hall–Kier alpha value is -4.70. The van der Waals surface area contributed by atoms with Crippen LogP contribution in [0.25, 0.3) is 0 Å². The molecule has 1 unspecified atom stereocenters. The number of amides is 3. The highest BCUT2D eigenvalue weighted by atomic mass is 16.5. The van der Waals surface area contributed by atoms with Crippen molar-refractivity contribution in [1.29, 1.82) is 0 Å². The monoisotopic (exact) mass is 599 g/mol. The molecule has 1 fully saturated rings. The van der Waals surface area contributed by atoms with Crippen molar-refractivity contribution in [2.24, 2.45) is 0 Å². The fourth-order valence-electron chi connectivity index (χ4n) is 5.97. The zero-order valence-corrected chi connectivity index (χ0v) is 24.7. The number of piperazine rings is 1. The quantitative estimate of drug-likeness (QED) is 0.241. The molecule has 0 bridgehead atoms. The Morgan fingerprint density at radius 3 is 2.43 bits per heavy atom. The number of carbonyl (C=O) groups is 4. The Labute approximate surface area is 256 Å². The number of hydrogen-bond acceptors (Lipinski definition) is 7. The summed E-state index contributed by atoms with van der Waals surface area (Å²) in [6.45, 7) is 1.95. The number of benzene rings is 3. The highest BCUT2D eigenvalue weighted by molar-refractivity contribution is 6.02. The predicted octanol–water partition coefficient (Wildman–Crippen LogP) is 3.43. The summed E-state index contributed by atoms with van der Waals surface area (Å²) < 4.78 is 11.1. The number of fused-ring (bicyclic) bond motifs is 3. The van der Waals surface area contributed by atoms with Gasteiger partial charge < -0.3 is 29.7 Å². The highest BCUT2D eigenvalue weighted by Gasteiger charge is 2.53. The molecular weight excluding hydrogens is 562 g/mol. The zero-order valence-electron chi connectivity index (χ0n) is 24.7. The van der Waals surface area contributed by atoms with Gasteiger partial charge in [-0.2, -0.15) is 0 Å². The fourth-order valence-corrected chi connectivity index (χ4v) is 5.97. The van der Waals surface area contributed by atoms with Crippen LogP contribution in [0.3, 0.4) is 0 Å². The summed E-state index contributed by atoms with van der Waals surface area (Å²) in [5.74, 6) is -0.904. The number of nitrogens with zero attached hydrogens (tertiary/aromatic N) is 2. The Morgan fingerprint density at radius 1 is 1.00 bits per heavy atom. The van der Waals surface area contributed by atoms with Crippen LogP contribution in [0.15, 0.2) is 78.9 Å². The molecule has 230 valence electrons. The summed E-state index contributed by atoms with van der Waals surface area (Å²) in [6.07, 6.45) is 0.930. The van der Waals surface area contributed by atoms with E-state index in [0.29, 0.717) is 35.4 Å². The van der Waals surface area contributed by atoms with Crippen molar-refractivity contribution >= 4 is 29.4 Å². The number of aliphatic hydroxyl groups excluding tert-OH is 1. The summed E-state index contributed by atoms with van der Waals surface area (Å²) >= 11 is 0. The minimum Gasteiger partial charge on any atom is -0.493 e. The fraction of sp³-hybridized carbons (Fsp3) is 0.353. The average Bonchev–Trinajstić information content (AvgIpc) is 3.36. The molecule has 10 nitrogen and oxygen atoms in total. The number of anilines is 1. The number of aryl methyl sites for hydroxylation is 1. The van der Waals surface area contributed by atoms with Gasteiger partial charge in [-0.05, 0) is 49.2 Å². The number of ether oxygens (including phenoxy) is 2. The highest BCUT2D eigenvalue weighted by Crippen LogP contribution is 2.46. The first kappa shape index (κ1) is 30.7. The Balaban J connectivity index is 1.52. The van der Waals surface area contributed by atoms with Crippen LogP contribution >= 0.6 is 0 Å². The summed E-state index contributed by atoms with van der Waals surface area (Å²) in [4.78, 5) is 57.2. The maximum absolute atomic E-state index is 13.8. The average molecular weight is 600 g/mol. The second-order valence-electron chi connectivity index (χ2n) is 10.8. The minimum atomic E-state index is -0.767. The van der Waals surface area contributed by atoms with Crippen molar-refractivity contribution in [3.8, 4) is 5.75 Å². The molecule has 5 rings (SSSR count). The molecule has 2 aliphatic rings. The molecule has 1 saturated heterocycles. The van der Waals surface area contributed by atoms with Gasteiger partial charge in [-0.3, -0.25) is 19.2 Å². The lowest BCUT2D eigenvalue weighted by Crippen LogP contribution is -2.65. The van der Waals surface area contributed by atoms with Gasteiger partial charge in [0, 0.05) is 36.3 Å². The maximum Gasteiger partial charge on any atom is 0.307 e. The van der Waals surface area contributed by atoms with E-state index in [0.717, 1.165) is 5.56 Å². The molecule has 2 aliphatic heterocycles. The number of hydrogen-bond donors (Lipinski definition) is 2. The van der Waals surface area contributed by atoms with E-state index in [1.54, 1.807) is 54.3 Å². The van der Waals surface area contributed by atoms with E-state index in [-0.39, 0.29) is 56.9 Å². The number of nitrogens with one attached hydrogen (secondary N) is 1. The summed E-state index contributed by atoms with van der Waals surface area (Å²) in [5, 5.41) is 12.3. The van der Waals surface area contributed by atoms with E-state index in [4.69, 9.17) is 9.47 Å². The van der Waals surface area contributed by atoms with Crippen LogP contribution in [0.2, 0.25) is 0 Å². The summed E-state index contributed by atoms with van der Waals surface area (Å²) in [6, 6.07) is 21.3. The van der Waals surface area contributed by atoms with E-state index < -0.39 is 24.1 Å². The molecule has 2 N–H and O–H groups in total. The lowest BCUT2D eigenvalue weighted by atomic mass is 9.91. The van der Waals surface area contributed by atoms with Crippen molar-refractivity contribution in [3.63, 3.8) is 0 Å². The van der Waals surface area contributed by atoms with Crippen LogP contribution in [0.1, 0.15) is 53.7 Å². The first-order chi connectivity index (χ1) is 21.4. The smallest absolute Gasteiger partial charge is 0.307 e. The number of rotatable bonds is 12. The number of esters is 1. The maximum atomic E-state index is 13.8. The van der Waals surface area contributed by atoms with E-state index in [1.165, 1.54) is 4.90 Å². The molecule has 10 heteroatoms. The molecule has 0 aromatic heterocycles. The molecule has 3 atom stereocenters. The van der Waals surface area contributed by atoms with E-state index in [9.17, 15) is 24.3 Å². The van der Waals surface area contributed by atoms with Gasteiger partial charge in [0.25, 0.3) is 5.91 Å². The third-order valence-corrected chi connectivity index (χ3v) is 7.97. The molecule has 0 radical (unpaired) electrons. The largest absolute Gasteiger partial charge is 0.493 e. The number of carbonyl (C=O) groups excluding carboxylic acids is 4. The third kappa shape index (κ3) is 6.75. The molecule has 3 amide bonds. The Kier molecular flexibility index (Phi) is 9.91. The van der Waals surface area contributed by atoms with Gasteiger partial charge in [0.2, 0.25) is 11.8 Å². The molecular formula is C34H37N3O7. The van der Waals surface area contributed by atoms with Crippen molar-refractivity contribution in [2.75, 3.05) is 31.3 Å². The van der Waals surface area contributed by atoms with Gasteiger partial charge in [0.15, 0.2) is 0 Å². The van der Waals surface area contributed by atoms with Gasteiger partial charge in [-0.1, -0.05) is 48.5 Å². The SMILES string of the molecule is CCOC(=O)CC1[C@@H]2[C@@H](NC(=O)c3ccccc3)c3cc(OCCCO)ccc3N2C(=O)CN1C(=O)CCc1ccccc1. The molecule has 0 aliphatic carbocycles. The normalized spacial score (nSPS) is 18.8. The minimum absolute atomic E-state index is 0.0191. The van der Waals surface area contributed by atoms with Crippen LogP contribution in [0.5, 0.6) is 5.75 Å². The number of aliphatic hydroxyl groups is 1. The second-order valence-corrected chi connectivity index (χ2v) is 10.8. The third-order valence-electron chi connectivity index (χ3n) is 7.97.